The zero-order valence-electron chi connectivity index (χ0n) is 16.1. The first-order chi connectivity index (χ1) is 13.5. The molecule has 3 rings (SSSR count). The highest BCUT2D eigenvalue weighted by Crippen LogP contribution is 2.34. The number of benzene rings is 2. The second kappa shape index (κ2) is 8.34. The van der Waals surface area contributed by atoms with Gasteiger partial charge in [0.25, 0.3) is 0 Å². The maximum Gasteiger partial charge on any atom is 0.247 e. The van der Waals surface area contributed by atoms with Crippen molar-refractivity contribution in [3.63, 3.8) is 0 Å². The van der Waals surface area contributed by atoms with Crippen molar-refractivity contribution in [1.29, 1.82) is 0 Å². The number of rotatable bonds is 7. The first-order valence-electron chi connectivity index (χ1n) is 8.47. The van der Waals surface area contributed by atoms with E-state index in [-0.39, 0.29) is 5.88 Å². The Morgan fingerprint density at radius 1 is 0.893 bits per heavy atom. The molecule has 3 N–H and O–H groups in total. The van der Waals surface area contributed by atoms with E-state index in [0.717, 1.165) is 5.56 Å². The quantitative estimate of drug-likeness (QED) is 0.634. The van der Waals surface area contributed by atoms with E-state index in [2.05, 4.69) is 15.3 Å². The van der Waals surface area contributed by atoms with Crippen LogP contribution in [-0.4, -0.2) is 31.3 Å². The number of ether oxygens (including phenoxy) is 4. The second-order valence-corrected chi connectivity index (χ2v) is 5.94. The molecule has 1 aromatic heterocycles. The van der Waals surface area contributed by atoms with Crippen LogP contribution < -0.4 is 30.0 Å². The highest BCUT2D eigenvalue weighted by molar-refractivity contribution is 5.61. The molecule has 0 bridgehead atoms. The van der Waals surface area contributed by atoms with Crippen molar-refractivity contribution in [3.05, 3.63) is 48.2 Å². The predicted molar refractivity (Wildman–Crippen MR) is 107 cm³/mol. The van der Waals surface area contributed by atoms with Crippen LogP contribution in [0.2, 0.25) is 0 Å². The molecule has 0 aliphatic carbocycles. The summed E-state index contributed by atoms with van der Waals surface area (Å²) in [5.74, 6) is 2.90. The Labute approximate surface area is 163 Å². The third kappa shape index (κ3) is 4.35. The number of nitrogens with one attached hydrogen (secondary N) is 1. The zero-order valence-corrected chi connectivity index (χ0v) is 16.1. The lowest BCUT2D eigenvalue weighted by Gasteiger charge is -2.13. The molecule has 3 aromatic rings. The Morgan fingerprint density at radius 2 is 1.61 bits per heavy atom. The van der Waals surface area contributed by atoms with Gasteiger partial charge in [-0.3, -0.25) is 0 Å². The molecule has 28 heavy (non-hydrogen) atoms. The molecule has 0 saturated heterocycles. The predicted octanol–water partition coefficient (Wildman–Crippen LogP) is 3.93. The minimum absolute atomic E-state index is 0.217. The maximum atomic E-state index is 5.98. The molecule has 0 spiro atoms. The standard InChI is InChI=1S/C20H22N4O4/c1-12-5-6-17(18(7-12)27-4)28-19-16(21)11-22-20(24-19)23-13-8-14(25-2)10-15(9-13)26-3/h5-11H,21H2,1-4H3,(H,22,23,24). The van der Waals surface area contributed by atoms with Crippen LogP contribution in [0.4, 0.5) is 17.3 Å². The average molecular weight is 382 g/mol. The van der Waals surface area contributed by atoms with Crippen LogP contribution in [0, 0.1) is 6.92 Å². The van der Waals surface area contributed by atoms with Gasteiger partial charge in [-0.15, -0.1) is 0 Å². The lowest BCUT2D eigenvalue weighted by Crippen LogP contribution is -2.03. The molecule has 0 aliphatic heterocycles. The van der Waals surface area contributed by atoms with Crippen molar-refractivity contribution in [2.75, 3.05) is 32.4 Å². The molecule has 0 radical (unpaired) electrons. The molecular weight excluding hydrogens is 360 g/mol. The smallest absolute Gasteiger partial charge is 0.247 e. The number of aromatic nitrogens is 2. The molecule has 146 valence electrons. The van der Waals surface area contributed by atoms with E-state index in [4.69, 9.17) is 24.7 Å². The van der Waals surface area contributed by atoms with Crippen LogP contribution in [0.15, 0.2) is 42.6 Å². The molecule has 0 saturated carbocycles. The fraction of sp³-hybridized carbons (Fsp3) is 0.200. The van der Waals surface area contributed by atoms with Crippen LogP contribution in [0.3, 0.4) is 0 Å². The number of aryl methyl sites for hydroxylation is 1. The fourth-order valence-electron chi connectivity index (χ4n) is 2.49. The minimum atomic E-state index is 0.217. The maximum absolute atomic E-state index is 5.98. The summed E-state index contributed by atoms with van der Waals surface area (Å²) in [7, 11) is 4.74. The normalized spacial score (nSPS) is 10.3. The Hall–Kier alpha value is -3.68. The van der Waals surface area contributed by atoms with E-state index < -0.39 is 0 Å². The lowest BCUT2D eigenvalue weighted by atomic mass is 10.2. The van der Waals surface area contributed by atoms with E-state index in [0.29, 0.717) is 40.3 Å². The summed E-state index contributed by atoms with van der Waals surface area (Å²) in [6.45, 7) is 1.97. The first-order valence-corrected chi connectivity index (χ1v) is 8.47. The van der Waals surface area contributed by atoms with Gasteiger partial charge in [0.05, 0.1) is 27.5 Å². The van der Waals surface area contributed by atoms with Crippen molar-refractivity contribution in [1.82, 2.24) is 9.97 Å². The van der Waals surface area contributed by atoms with Crippen LogP contribution in [0.25, 0.3) is 0 Å². The van der Waals surface area contributed by atoms with E-state index >= 15 is 0 Å². The third-order valence-corrected chi connectivity index (χ3v) is 3.91. The highest BCUT2D eigenvalue weighted by Gasteiger charge is 2.12. The van der Waals surface area contributed by atoms with Crippen LogP contribution >= 0.6 is 0 Å². The average Bonchev–Trinajstić information content (AvgIpc) is 2.71. The Kier molecular flexibility index (Phi) is 5.69. The van der Waals surface area contributed by atoms with Gasteiger partial charge < -0.3 is 30.0 Å². The number of methoxy groups -OCH3 is 3. The largest absolute Gasteiger partial charge is 0.497 e. The minimum Gasteiger partial charge on any atom is -0.497 e. The summed E-state index contributed by atoms with van der Waals surface area (Å²) >= 11 is 0. The third-order valence-electron chi connectivity index (χ3n) is 3.91. The number of nitrogen functional groups attached to an aromatic ring is 1. The van der Waals surface area contributed by atoms with Crippen molar-refractivity contribution < 1.29 is 18.9 Å². The number of nitrogens with two attached hydrogens (primary N) is 1. The van der Waals surface area contributed by atoms with E-state index in [9.17, 15) is 0 Å². The summed E-state index contributed by atoms with van der Waals surface area (Å²) in [6, 6.07) is 11.0. The van der Waals surface area contributed by atoms with Gasteiger partial charge in [-0.05, 0) is 24.6 Å². The van der Waals surface area contributed by atoms with Gasteiger partial charge in [0, 0.05) is 23.9 Å². The SMILES string of the molecule is COc1cc(Nc2ncc(N)c(Oc3ccc(C)cc3OC)n2)cc(OC)c1. The van der Waals surface area contributed by atoms with Crippen molar-refractivity contribution >= 4 is 17.3 Å². The lowest BCUT2D eigenvalue weighted by molar-refractivity contribution is 0.374. The molecule has 8 heteroatoms. The Balaban J connectivity index is 1.88. The molecule has 2 aromatic carbocycles. The van der Waals surface area contributed by atoms with Crippen LogP contribution in [-0.2, 0) is 0 Å². The number of anilines is 3. The monoisotopic (exact) mass is 382 g/mol. The summed E-state index contributed by atoms with van der Waals surface area (Å²) < 4.78 is 21.8. The number of nitrogens with zero attached hydrogens (tertiary/aromatic N) is 2. The van der Waals surface area contributed by atoms with Gasteiger partial charge in [-0.25, -0.2) is 4.98 Å². The molecule has 0 fully saturated rings. The van der Waals surface area contributed by atoms with Gasteiger partial charge in [-0.1, -0.05) is 6.07 Å². The Morgan fingerprint density at radius 3 is 2.25 bits per heavy atom. The molecule has 8 nitrogen and oxygen atoms in total. The fourth-order valence-corrected chi connectivity index (χ4v) is 2.49. The van der Waals surface area contributed by atoms with Crippen molar-refractivity contribution in [2.45, 2.75) is 6.92 Å². The molecule has 0 atom stereocenters. The van der Waals surface area contributed by atoms with Crippen molar-refractivity contribution in [2.24, 2.45) is 0 Å². The van der Waals surface area contributed by atoms with Gasteiger partial charge in [0.2, 0.25) is 11.8 Å². The first kappa shape index (κ1) is 19.1. The molecule has 0 aliphatic rings. The Bertz CT molecular complexity index is 956. The van der Waals surface area contributed by atoms with Gasteiger partial charge in [0.1, 0.15) is 17.2 Å². The number of hydrogen-bond donors (Lipinski definition) is 2. The van der Waals surface area contributed by atoms with Crippen LogP contribution in [0.5, 0.6) is 28.9 Å². The van der Waals surface area contributed by atoms with Gasteiger partial charge in [-0.2, -0.15) is 4.98 Å². The molecule has 0 unspecified atom stereocenters. The summed E-state index contributed by atoms with van der Waals surface area (Å²) in [5, 5.41) is 3.10. The summed E-state index contributed by atoms with van der Waals surface area (Å²) in [5.41, 5.74) is 8.03. The van der Waals surface area contributed by atoms with Gasteiger partial charge in [0.15, 0.2) is 11.5 Å². The van der Waals surface area contributed by atoms with Gasteiger partial charge >= 0.3 is 0 Å². The van der Waals surface area contributed by atoms with E-state index in [1.165, 1.54) is 6.20 Å². The molecule has 0 amide bonds. The van der Waals surface area contributed by atoms with Crippen molar-refractivity contribution in [3.8, 4) is 28.9 Å². The molecular formula is C20H22N4O4. The number of hydrogen-bond acceptors (Lipinski definition) is 8. The van der Waals surface area contributed by atoms with E-state index in [1.807, 2.05) is 19.1 Å². The second-order valence-electron chi connectivity index (χ2n) is 5.94. The molecule has 1 heterocycles. The topological polar surface area (TPSA) is 101 Å². The zero-order chi connectivity index (χ0) is 20.1. The summed E-state index contributed by atoms with van der Waals surface area (Å²) in [6.07, 6.45) is 1.47. The summed E-state index contributed by atoms with van der Waals surface area (Å²) in [4.78, 5) is 8.57. The highest BCUT2D eigenvalue weighted by atomic mass is 16.5. The van der Waals surface area contributed by atoms with E-state index in [1.54, 1.807) is 45.6 Å². The van der Waals surface area contributed by atoms with Crippen LogP contribution in [0.1, 0.15) is 5.56 Å².